The van der Waals surface area contributed by atoms with Crippen LogP contribution in [-0.2, 0) is 4.79 Å². The van der Waals surface area contributed by atoms with E-state index in [9.17, 15) is 9.59 Å². The van der Waals surface area contributed by atoms with E-state index in [1.54, 1.807) is 0 Å². The molecule has 1 aromatic heterocycles. The smallest absolute Gasteiger partial charge is 0.251 e. The van der Waals surface area contributed by atoms with E-state index in [0.29, 0.717) is 23.1 Å². The number of H-pyrrole nitrogens is 1. The van der Waals surface area contributed by atoms with E-state index < -0.39 is 0 Å². The molecule has 2 heterocycles. The van der Waals surface area contributed by atoms with Crippen LogP contribution < -0.4 is 15.6 Å². The first-order chi connectivity index (χ1) is 14.1. The second kappa shape index (κ2) is 7.38. The number of aromatic amines is 1. The Morgan fingerprint density at radius 2 is 1.90 bits per heavy atom. The maximum absolute atomic E-state index is 12.6. The predicted octanol–water partition coefficient (Wildman–Crippen LogP) is 4.16. The molecule has 1 amide bonds. The summed E-state index contributed by atoms with van der Waals surface area (Å²) in [6.07, 6.45) is 7.84. The normalized spacial score (nSPS) is 21.9. The zero-order valence-corrected chi connectivity index (χ0v) is 16.8. The molecule has 29 heavy (non-hydrogen) atoms. The molecule has 1 atom stereocenters. The van der Waals surface area contributed by atoms with Crippen molar-refractivity contribution in [3.8, 4) is 5.75 Å². The Kier molecular flexibility index (Phi) is 4.70. The van der Waals surface area contributed by atoms with E-state index in [4.69, 9.17) is 16.3 Å². The minimum absolute atomic E-state index is 0.0360. The van der Waals surface area contributed by atoms with Crippen LogP contribution in [0.2, 0.25) is 5.02 Å². The molecule has 6 heteroatoms. The molecule has 1 saturated heterocycles. The molecule has 0 spiro atoms. The summed E-state index contributed by atoms with van der Waals surface area (Å²) in [4.78, 5) is 27.3. The lowest BCUT2D eigenvalue weighted by Gasteiger charge is -2.14. The molecule has 0 radical (unpaired) electrons. The van der Waals surface area contributed by atoms with E-state index in [-0.39, 0.29) is 23.6 Å². The number of aromatic nitrogens is 1. The van der Waals surface area contributed by atoms with Gasteiger partial charge in [-0.05, 0) is 61.8 Å². The fourth-order valence-corrected chi connectivity index (χ4v) is 4.02. The van der Waals surface area contributed by atoms with Crippen LogP contribution in [0.4, 0.5) is 0 Å². The highest BCUT2D eigenvalue weighted by atomic mass is 35.5. The van der Waals surface area contributed by atoms with Crippen LogP contribution in [0, 0.1) is 0 Å². The number of amides is 1. The van der Waals surface area contributed by atoms with Crippen molar-refractivity contribution in [3.63, 3.8) is 0 Å². The van der Waals surface area contributed by atoms with E-state index in [1.807, 2.05) is 36.4 Å². The van der Waals surface area contributed by atoms with Crippen molar-refractivity contribution in [2.75, 3.05) is 0 Å². The number of hydrogen-bond acceptors (Lipinski definition) is 3. The first kappa shape index (κ1) is 18.5. The fourth-order valence-electron chi connectivity index (χ4n) is 3.79. The zero-order chi connectivity index (χ0) is 20.0. The Labute approximate surface area is 174 Å². The summed E-state index contributed by atoms with van der Waals surface area (Å²) < 4.78 is 5.85. The summed E-state index contributed by atoms with van der Waals surface area (Å²) in [6, 6.07) is 9.53. The van der Waals surface area contributed by atoms with Crippen molar-refractivity contribution in [2.45, 2.75) is 56.6 Å². The van der Waals surface area contributed by atoms with Crippen LogP contribution in [0.25, 0.3) is 5.57 Å². The van der Waals surface area contributed by atoms with Crippen LogP contribution in [0.5, 0.6) is 5.75 Å². The number of rotatable bonds is 6. The standard InChI is InChI=1S/C23H23ClN2O3/c24-19-11-14(3-9-21(19)29-16-5-6-16)18(12-15-4-10-22(27)25-15)20-8-7-17(13-1-2-13)23(28)26-20/h3,7-9,11-13,15-16H,1-2,4-6,10H2,(H,25,27)(H,26,28)/t15-/m1/s1. The molecule has 150 valence electrons. The van der Waals surface area contributed by atoms with Crippen molar-refractivity contribution >= 4 is 23.1 Å². The highest BCUT2D eigenvalue weighted by molar-refractivity contribution is 6.32. The SMILES string of the molecule is O=C1CC[C@H](C=C(c2ccc(OC3CC3)c(Cl)c2)c2ccc(C3CC3)c(=O)[nH]2)N1. The molecule has 3 fully saturated rings. The summed E-state index contributed by atoms with van der Waals surface area (Å²) in [5, 5.41) is 3.52. The topological polar surface area (TPSA) is 71.2 Å². The first-order valence-corrected chi connectivity index (χ1v) is 10.7. The number of hydrogen-bond donors (Lipinski definition) is 2. The molecule has 5 rings (SSSR count). The summed E-state index contributed by atoms with van der Waals surface area (Å²) in [5.74, 6) is 1.13. The van der Waals surface area contributed by atoms with E-state index >= 15 is 0 Å². The minimum atomic E-state index is -0.0646. The quantitative estimate of drug-likeness (QED) is 0.751. The number of halogens is 1. The Balaban J connectivity index is 1.52. The van der Waals surface area contributed by atoms with Gasteiger partial charge >= 0.3 is 0 Å². The van der Waals surface area contributed by atoms with Crippen LogP contribution in [0.1, 0.15) is 61.3 Å². The summed E-state index contributed by atoms with van der Waals surface area (Å²) in [6.45, 7) is 0. The van der Waals surface area contributed by atoms with Crippen molar-refractivity contribution < 1.29 is 9.53 Å². The van der Waals surface area contributed by atoms with Gasteiger partial charge in [0.05, 0.1) is 11.1 Å². The predicted molar refractivity (Wildman–Crippen MR) is 112 cm³/mol. The van der Waals surface area contributed by atoms with Crippen LogP contribution in [-0.4, -0.2) is 23.0 Å². The molecule has 0 bridgehead atoms. The van der Waals surface area contributed by atoms with Crippen LogP contribution in [0.15, 0.2) is 41.2 Å². The van der Waals surface area contributed by atoms with Gasteiger partial charge in [-0.3, -0.25) is 9.59 Å². The first-order valence-electron chi connectivity index (χ1n) is 10.3. The lowest BCUT2D eigenvalue weighted by molar-refractivity contribution is -0.119. The second-order valence-corrected chi connectivity index (χ2v) is 8.59. The van der Waals surface area contributed by atoms with E-state index in [1.165, 1.54) is 0 Å². The zero-order valence-electron chi connectivity index (χ0n) is 16.0. The maximum atomic E-state index is 12.6. The Morgan fingerprint density at radius 1 is 1.07 bits per heavy atom. The maximum Gasteiger partial charge on any atom is 0.251 e. The Morgan fingerprint density at radius 3 is 2.52 bits per heavy atom. The molecule has 1 aromatic carbocycles. The summed E-state index contributed by atoms with van der Waals surface area (Å²) in [7, 11) is 0. The van der Waals surface area contributed by atoms with Gasteiger partial charge in [-0.1, -0.05) is 29.8 Å². The van der Waals surface area contributed by atoms with Crippen molar-refractivity contribution in [3.05, 3.63) is 68.6 Å². The van der Waals surface area contributed by atoms with Gasteiger partial charge in [0, 0.05) is 29.3 Å². The summed E-state index contributed by atoms with van der Waals surface area (Å²) >= 11 is 6.49. The third kappa shape index (κ3) is 4.10. The number of carbonyl (C=O) groups excluding carboxylic acids is 1. The molecule has 0 unspecified atom stereocenters. The van der Waals surface area contributed by atoms with Crippen molar-refractivity contribution in [1.82, 2.24) is 10.3 Å². The van der Waals surface area contributed by atoms with Crippen LogP contribution in [0.3, 0.4) is 0 Å². The van der Waals surface area contributed by atoms with Gasteiger partial charge in [-0.15, -0.1) is 0 Å². The van der Waals surface area contributed by atoms with Crippen LogP contribution >= 0.6 is 11.6 Å². The number of pyridine rings is 1. The highest BCUT2D eigenvalue weighted by Gasteiger charge is 2.27. The van der Waals surface area contributed by atoms with Gasteiger partial charge in [0.25, 0.3) is 5.56 Å². The molecular weight excluding hydrogens is 388 g/mol. The van der Waals surface area contributed by atoms with Gasteiger partial charge < -0.3 is 15.0 Å². The average molecular weight is 411 g/mol. The second-order valence-electron chi connectivity index (χ2n) is 8.19. The monoisotopic (exact) mass is 410 g/mol. The molecule has 3 aliphatic rings. The molecule has 1 aliphatic heterocycles. The minimum Gasteiger partial charge on any atom is -0.489 e. The van der Waals surface area contributed by atoms with Gasteiger partial charge in [-0.2, -0.15) is 0 Å². The molecular formula is C23H23ClN2O3. The number of carbonyl (C=O) groups is 1. The lowest BCUT2D eigenvalue weighted by Crippen LogP contribution is -2.23. The fraction of sp³-hybridized carbons (Fsp3) is 0.391. The molecule has 2 aromatic rings. The number of benzene rings is 1. The average Bonchev–Trinajstić information content (AvgIpc) is 3.62. The van der Waals surface area contributed by atoms with E-state index in [0.717, 1.165) is 54.5 Å². The largest absolute Gasteiger partial charge is 0.489 e. The number of nitrogens with one attached hydrogen (secondary N) is 2. The van der Waals surface area contributed by atoms with Gasteiger partial charge in [0.1, 0.15) is 5.75 Å². The summed E-state index contributed by atoms with van der Waals surface area (Å²) in [5.41, 5.74) is 3.29. The lowest BCUT2D eigenvalue weighted by atomic mass is 9.98. The van der Waals surface area contributed by atoms with Gasteiger partial charge in [0.2, 0.25) is 5.91 Å². The molecule has 2 saturated carbocycles. The van der Waals surface area contributed by atoms with E-state index in [2.05, 4.69) is 10.3 Å². The number of ether oxygens (including phenoxy) is 1. The third-order valence-corrected chi connectivity index (χ3v) is 6.00. The Bertz CT molecular complexity index is 1050. The van der Waals surface area contributed by atoms with Gasteiger partial charge in [-0.25, -0.2) is 0 Å². The highest BCUT2D eigenvalue weighted by Crippen LogP contribution is 2.39. The van der Waals surface area contributed by atoms with Gasteiger partial charge in [0.15, 0.2) is 0 Å². The van der Waals surface area contributed by atoms with Crippen molar-refractivity contribution in [1.29, 1.82) is 0 Å². The Hall–Kier alpha value is -2.53. The molecule has 2 N–H and O–H groups in total. The molecule has 2 aliphatic carbocycles. The third-order valence-electron chi connectivity index (χ3n) is 5.70. The molecule has 5 nitrogen and oxygen atoms in total. The van der Waals surface area contributed by atoms with Crippen molar-refractivity contribution in [2.24, 2.45) is 0 Å².